The van der Waals surface area contributed by atoms with Crippen molar-refractivity contribution in [2.24, 2.45) is 5.41 Å². The Bertz CT molecular complexity index is 182. The molecule has 0 bridgehead atoms. The number of piperidine rings is 1. The molecule has 4 nitrogen and oxygen atoms in total. The van der Waals surface area contributed by atoms with Crippen molar-refractivity contribution in [1.82, 2.24) is 5.32 Å². The first-order chi connectivity index (χ1) is 6.42. The summed E-state index contributed by atoms with van der Waals surface area (Å²) in [5, 5.41) is 32.3. The standard InChI is InChI=1S/C10H21NO3/c1-9(2,14)8(13)10(7-12)3-5-11-6-4-10/h8,11-14H,3-7H2,1-2H3. The lowest BCUT2D eigenvalue weighted by Crippen LogP contribution is -2.55. The summed E-state index contributed by atoms with van der Waals surface area (Å²) in [4.78, 5) is 0. The summed E-state index contributed by atoms with van der Waals surface area (Å²) in [5.74, 6) is 0. The van der Waals surface area contributed by atoms with Gasteiger partial charge < -0.3 is 20.6 Å². The maximum absolute atomic E-state index is 10.0. The third kappa shape index (κ3) is 2.25. The van der Waals surface area contributed by atoms with Crippen LogP contribution in [0.2, 0.25) is 0 Å². The zero-order valence-corrected chi connectivity index (χ0v) is 8.95. The van der Waals surface area contributed by atoms with Crippen molar-refractivity contribution in [3.05, 3.63) is 0 Å². The van der Waals surface area contributed by atoms with Crippen molar-refractivity contribution in [1.29, 1.82) is 0 Å². The van der Waals surface area contributed by atoms with Gasteiger partial charge in [-0.1, -0.05) is 0 Å². The SMILES string of the molecule is CC(C)(O)C(O)C1(CO)CCNCC1. The molecular formula is C10H21NO3. The molecular weight excluding hydrogens is 182 g/mol. The molecule has 4 heteroatoms. The lowest BCUT2D eigenvalue weighted by atomic mass is 9.70. The van der Waals surface area contributed by atoms with Crippen molar-refractivity contribution in [3.63, 3.8) is 0 Å². The van der Waals surface area contributed by atoms with Crippen LogP contribution >= 0.6 is 0 Å². The fraction of sp³-hybridized carbons (Fsp3) is 1.00. The van der Waals surface area contributed by atoms with E-state index in [2.05, 4.69) is 5.32 Å². The Hall–Kier alpha value is -0.160. The quantitative estimate of drug-likeness (QED) is 0.498. The highest BCUT2D eigenvalue weighted by atomic mass is 16.3. The van der Waals surface area contributed by atoms with Gasteiger partial charge in [0.15, 0.2) is 0 Å². The maximum atomic E-state index is 10.0. The first-order valence-electron chi connectivity index (χ1n) is 5.14. The smallest absolute Gasteiger partial charge is 0.0900 e. The zero-order valence-electron chi connectivity index (χ0n) is 8.95. The third-order valence-corrected chi connectivity index (χ3v) is 3.16. The summed E-state index contributed by atoms with van der Waals surface area (Å²) < 4.78 is 0. The number of nitrogens with one attached hydrogen (secondary N) is 1. The van der Waals surface area contributed by atoms with E-state index in [1.54, 1.807) is 13.8 Å². The van der Waals surface area contributed by atoms with Crippen LogP contribution in [0.25, 0.3) is 0 Å². The predicted molar refractivity (Wildman–Crippen MR) is 53.9 cm³/mol. The van der Waals surface area contributed by atoms with Gasteiger partial charge in [-0.3, -0.25) is 0 Å². The zero-order chi connectivity index (χ0) is 10.8. The highest BCUT2D eigenvalue weighted by Gasteiger charge is 2.45. The average molecular weight is 203 g/mol. The molecule has 1 atom stereocenters. The van der Waals surface area contributed by atoms with Gasteiger partial charge in [0, 0.05) is 5.41 Å². The van der Waals surface area contributed by atoms with Crippen LogP contribution in [0.1, 0.15) is 26.7 Å². The van der Waals surface area contributed by atoms with Gasteiger partial charge in [0.2, 0.25) is 0 Å². The Labute approximate surface area is 85.0 Å². The minimum Gasteiger partial charge on any atom is -0.396 e. The summed E-state index contributed by atoms with van der Waals surface area (Å²) in [6, 6.07) is 0. The van der Waals surface area contributed by atoms with Gasteiger partial charge in [0.1, 0.15) is 0 Å². The lowest BCUT2D eigenvalue weighted by Gasteiger charge is -2.44. The third-order valence-electron chi connectivity index (χ3n) is 3.16. The monoisotopic (exact) mass is 203 g/mol. The second-order valence-corrected chi connectivity index (χ2v) is 4.83. The van der Waals surface area contributed by atoms with Crippen LogP contribution in [-0.4, -0.2) is 46.7 Å². The Balaban J connectivity index is 2.77. The largest absolute Gasteiger partial charge is 0.396 e. The van der Waals surface area contributed by atoms with Crippen LogP contribution in [0, 0.1) is 5.41 Å². The number of hydrogen-bond donors (Lipinski definition) is 4. The van der Waals surface area contributed by atoms with Gasteiger partial charge in [-0.05, 0) is 39.8 Å². The molecule has 1 aliphatic heterocycles. The molecule has 0 amide bonds. The minimum atomic E-state index is -1.15. The molecule has 1 rings (SSSR count). The molecule has 4 N–H and O–H groups in total. The molecule has 0 aromatic carbocycles. The molecule has 1 heterocycles. The molecule has 1 aliphatic rings. The summed E-state index contributed by atoms with van der Waals surface area (Å²) in [5.41, 5.74) is -1.69. The summed E-state index contributed by atoms with van der Waals surface area (Å²) in [6.45, 7) is 4.66. The van der Waals surface area contributed by atoms with Gasteiger partial charge in [-0.2, -0.15) is 0 Å². The molecule has 14 heavy (non-hydrogen) atoms. The number of hydrogen-bond acceptors (Lipinski definition) is 4. The second kappa shape index (κ2) is 4.14. The fourth-order valence-electron chi connectivity index (χ4n) is 2.19. The maximum Gasteiger partial charge on any atom is 0.0900 e. The highest BCUT2D eigenvalue weighted by molar-refractivity contribution is 4.96. The molecule has 0 aliphatic carbocycles. The normalized spacial score (nSPS) is 24.6. The molecule has 1 fully saturated rings. The summed E-state index contributed by atoms with van der Waals surface area (Å²) in [7, 11) is 0. The lowest BCUT2D eigenvalue weighted by molar-refractivity contribution is -0.139. The van der Waals surface area contributed by atoms with E-state index in [1.165, 1.54) is 0 Å². The van der Waals surface area contributed by atoms with Gasteiger partial charge in [0.25, 0.3) is 0 Å². The van der Waals surface area contributed by atoms with Gasteiger partial charge in [-0.15, -0.1) is 0 Å². The minimum absolute atomic E-state index is 0.0696. The fourth-order valence-corrected chi connectivity index (χ4v) is 2.19. The molecule has 0 aromatic rings. The van der Waals surface area contributed by atoms with E-state index in [4.69, 9.17) is 0 Å². The van der Waals surface area contributed by atoms with Crippen molar-refractivity contribution in [2.75, 3.05) is 19.7 Å². The molecule has 0 saturated carbocycles. The van der Waals surface area contributed by atoms with E-state index < -0.39 is 17.1 Å². The Morgan fingerprint density at radius 2 is 1.86 bits per heavy atom. The Morgan fingerprint density at radius 3 is 2.21 bits per heavy atom. The van der Waals surface area contributed by atoms with E-state index in [-0.39, 0.29) is 6.61 Å². The molecule has 1 unspecified atom stereocenters. The Kier molecular flexibility index (Phi) is 3.53. The first kappa shape index (κ1) is 11.9. The highest BCUT2D eigenvalue weighted by Crippen LogP contribution is 2.36. The van der Waals surface area contributed by atoms with E-state index in [9.17, 15) is 15.3 Å². The topological polar surface area (TPSA) is 72.7 Å². The van der Waals surface area contributed by atoms with Gasteiger partial charge >= 0.3 is 0 Å². The first-order valence-corrected chi connectivity index (χ1v) is 5.14. The molecule has 0 spiro atoms. The second-order valence-electron chi connectivity index (χ2n) is 4.83. The van der Waals surface area contributed by atoms with E-state index in [0.29, 0.717) is 12.8 Å². The molecule has 1 saturated heterocycles. The number of rotatable bonds is 3. The summed E-state index contributed by atoms with van der Waals surface area (Å²) in [6.07, 6.45) is 0.533. The van der Waals surface area contributed by atoms with Crippen LogP contribution in [0.5, 0.6) is 0 Å². The molecule has 0 aromatic heterocycles. The summed E-state index contributed by atoms with van der Waals surface area (Å²) >= 11 is 0. The molecule has 84 valence electrons. The van der Waals surface area contributed by atoms with Crippen molar-refractivity contribution >= 4 is 0 Å². The van der Waals surface area contributed by atoms with Crippen LogP contribution < -0.4 is 5.32 Å². The number of aliphatic hydroxyl groups is 3. The Morgan fingerprint density at radius 1 is 1.36 bits per heavy atom. The average Bonchev–Trinajstić information content (AvgIpc) is 2.16. The van der Waals surface area contributed by atoms with E-state index in [0.717, 1.165) is 13.1 Å². The van der Waals surface area contributed by atoms with E-state index in [1.807, 2.05) is 0 Å². The van der Waals surface area contributed by atoms with Crippen molar-refractivity contribution in [3.8, 4) is 0 Å². The van der Waals surface area contributed by atoms with Gasteiger partial charge in [0.05, 0.1) is 18.3 Å². The number of aliphatic hydroxyl groups excluding tert-OH is 2. The van der Waals surface area contributed by atoms with Crippen LogP contribution in [-0.2, 0) is 0 Å². The van der Waals surface area contributed by atoms with Crippen molar-refractivity contribution < 1.29 is 15.3 Å². The predicted octanol–water partition coefficient (Wildman–Crippen LogP) is -0.520. The van der Waals surface area contributed by atoms with E-state index >= 15 is 0 Å². The molecule has 0 radical (unpaired) electrons. The van der Waals surface area contributed by atoms with Crippen LogP contribution in [0.3, 0.4) is 0 Å². The van der Waals surface area contributed by atoms with Crippen LogP contribution in [0.15, 0.2) is 0 Å². The van der Waals surface area contributed by atoms with Crippen LogP contribution in [0.4, 0.5) is 0 Å². The van der Waals surface area contributed by atoms with Crippen molar-refractivity contribution in [2.45, 2.75) is 38.4 Å². The van der Waals surface area contributed by atoms with Gasteiger partial charge in [-0.25, -0.2) is 0 Å².